The number of hydrogen-bond donors (Lipinski definition) is 1. The van der Waals surface area contributed by atoms with Crippen molar-refractivity contribution in [3.8, 4) is 0 Å². The van der Waals surface area contributed by atoms with Gasteiger partial charge in [0.05, 0.1) is 17.3 Å². The van der Waals surface area contributed by atoms with E-state index < -0.39 is 12.1 Å². The monoisotopic (exact) mass is 435 g/mol. The zero-order chi connectivity index (χ0) is 21.6. The van der Waals surface area contributed by atoms with Crippen LogP contribution in [0.5, 0.6) is 0 Å². The van der Waals surface area contributed by atoms with Crippen LogP contribution in [0.3, 0.4) is 0 Å². The lowest BCUT2D eigenvalue weighted by atomic mass is 9.63. The normalized spacial score (nSPS) is 34.7. The van der Waals surface area contributed by atoms with E-state index >= 15 is 0 Å². The van der Waals surface area contributed by atoms with Crippen LogP contribution in [0, 0.1) is 17.8 Å². The van der Waals surface area contributed by atoms with Gasteiger partial charge in [-0.1, -0.05) is 25.0 Å². The summed E-state index contributed by atoms with van der Waals surface area (Å²) in [4.78, 5) is 16.4. The van der Waals surface area contributed by atoms with Crippen molar-refractivity contribution in [2.45, 2.75) is 75.8 Å². The minimum Gasteiger partial charge on any atom is -0.358 e. The van der Waals surface area contributed by atoms with Crippen LogP contribution in [0.4, 0.5) is 24.5 Å². The molecule has 2 aliphatic carbocycles. The summed E-state index contributed by atoms with van der Waals surface area (Å²) in [6.45, 7) is 1.80. The first-order valence-corrected chi connectivity index (χ1v) is 11.9. The van der Waals surface area contributed by atoms with Gasteiger partial charge in [-0.3, -0.25) is 9.69 Å². The van der Waals surface area contributed by atoms with Gasteiger partial charge in [-0.2, -0.15) is 13.2 Å². The number of para-hydroxylation sites is 2. The summed E-state index contributed by atoms with van der Waals surface area (Å²) in [5.41, 5.74) is 2.08. The van der Waals surface area contributed by atoms with Crippen LogP contribution in [0.15, 0.2) is 24.3 Å². The Morgan fingerprint density at radius 1 is 0.935 bits per heavy atom. The molecule has 0 aromatic heterocycles. The number of nitrogens with zero attached hydrogens (tertiary/aromatic N) is 2. The number of alkyl halides is 3. The van der Waals surface area contributed by atoms with Crippen LogP contribution in [0.25, 0.3) is 0 Å². The van der Waals surface area contributed by atoms with E-state index in [1.807, 2.05) is 18.2 Å². The quantitative estimate of drug-likeness (QED) is 0.674. The highest BCUT2D eigenvalue weighted by atomic mass is 19.4. The number of piperidine rings is 1. The van der Waals surface area contributed by atoms with Crippen molar-refractivity contribution >= 4 is 17.7 Å². The molecule has 1 aromatic carbocycles. The van der Waals surface area contributed by atoms with E-state index in [-0.39, 0.29) is 30.1 Å². The van der Waals surface area contributed by atoms with Crippen LogP contribution >= 0.6 is 0 Å². The molecule has 5 unspecified atom stereocenters. The third-order valence-corrected chi connectivity index (χ3v) is 8.35. The maximum Gasteiger partial charge on any atom is 0.392 e. The molecule has 1 saturated heterocycles. The third kappa shape index (κ3) is 3.83. The summed E-state index contributed by atoms with van der Waals surface area (Å²) in [5.74, 6) is -1.12. The van der Waals surface area contributed by atoms with E-state index in [9.17, 15) is 18.0 Å². The highest BCUT2D eigenvalue weighted by molar-refractivity contribution is 5.84. The Labute approximate surface area is 182 Å². The highest BCUT2D eigenvalue weighted by Crippen LogP contribution is 2.51. The van der Waals surface area contributed by atoms with Crippen molar-refractivity contribution in [1.82, 2.24) is 4.90 Å². The summed E-state index contributed by atoms with van der Waals surface area (Å²) >= 11 is 0. The Kier molecular flexibility index (Phi) is 5.65. The first-order chi connectivity index (χ1) is 15.0. The molecular weight excluding hydrogens is 403 g/mol. The van der Waals surface area contributed by atoms with Crippen LogP contribution in [0.2, 0.25) is 0 Å². The van der Waals surface area contributed by atoms with Gasteiger partial charge in [-0.05, 0) is 62.5 Å². The SMILES string of the molecule is O=CC1Nc2ccccc2N1C1CCN(C2CCCC3C2CCCC3C(F)(F)F)CC1. The summed E-state index contributed by atoms with van der Waals surface area (Å²) in [6, 6.07) is 8.59. The van der Waals surface area contributed by atoms with Crippen molar-refractivity contribution in [3.05, 3.63) is 24.3 Å². The molecular formula is C24H32F3N3O. The number of rotatable bonds is 3. The van der Waals surface area contributed by atoms with Crippen LogP contribution < -0.4 is 10.2 Å². The number of carbonyl (C=O) groups is 1. The molecule has 0 bridgehead atoms. The number of carbonyl (C=O) groups excluding carboxylic acids is 1. The summed E-state index contributed by atoms with van der Waals surface area (Å²) in [5, 5.41) is 3.30. The second-order valence-corrected chi connectivity index (χ2v) is 9.82. The number of halogens is 3. The Hall–Kier alpha value is -1.76. The lowest BCUT2D eigenvalue weighted by Crippen LogP contribution is -2.55. The van der Waals surface area contributed by atoms with E-state index in [0.717, 1.165) is 69.3 Å². The van der Waals surface area contributed by atoms with Gasteiger partial charge >= 0.3 is 6.18 Å². The Balaban J connectivity index is 1.27. The van der Waals surface area contributed by atoms with E-state index in [1.165, 1.54) is 0 Å². The van der Waals surface area contributed by atoms with E-state index in [4.69, 9.17) is 0 Å². The van der Waals surface area contributed by atoms with Crippen LogP contribution in [0.1, 0.15) is 51.4 Å². The molecule has 5 rings (SSSR count). The fourth-order valence-corrected chi connectivity index (χ4v) is 7.05. The summed E-state index contributed by atoms with van der Waals surface area (Å²) in [6.07, 6.45) is 3.10. The molecule has 0 amide bonds. The molecule has 2 saturated carbocycles. The van der Waals surface area contributed by atoms with E-state index in [1.54, 1.807) is 0 Å². The second-order valence-electron chi connectivity index (χ2n) is 9.82. The first kappa shape index (κ1) is 21.1. The average molecular weight is 436 g/mol. The van der Waals surface area contributed by atoms with Crippen LogP contribution in [-0.2, 0) is 4.79 Å². The minimum atomic E-state index is -4.06. The number of fused-ring (bicyclic) bond motifs is 2. The van der Waals surface area contributed by atoms with Gasteiger partial charge in [0.25, 0.3) is 0 Å². The molecule has 4 aliphatic rings. The zero-order valence-corrected chi connectivity index (χ0v) is 17.9. The minimum absolute atomic E-state index is 0.183. The lowest BCUT2D eigenvalue weighted by Gasteiger charge is -2.51. The van der Waals surface area contributed by atoms with Crippen molar-refractivity contribution < 1.29 is 18.0 Å². The number of hydrogen-bond acceptors (Lipinski definition) is 4. The molecule has 3 fully saturated rings. The number of anilines is 2. The predicted molar refractivity (Wildman–Crippen MR) is 115 cm³/mol. The zero-order valence-electron chi connectivity index (χ0n) is 17.9. The molecule has 31 heavy (non-hydrogen) atoms. The van der Waals surface area contributed by atoms with Gasteiger partial charge in [-0.15, -0.1) is 0 Å². The largest absolute Gasteiger partial charge is 0.392 e. The van der Waals surface area contributed by atoms with Crippen LogP contribution in [-0.4, -0.2) is 48.7 Å². The average Bonchev–Trinajstić information content (AvgIpc) is 3.16. The predicted octanol–water partition coefficient (Wildman–Crippen LogP) is 5.06. The van der Waals surface area contributed by atoms with Crippen molar-refractivity contribution in [1.29, 1.82) is 0 Å². The smallest absolute Gasteiger partial charge is 0.358 e. The topological polar surface area (TPSA) is 35.6 Å². The van der Waals surface area contributed by atoms with Gasteiger partial charge < -0.3 is 10.2 Å². The number of benzene rings is 1. The fraction of sp³-hybridized carbons (Fsp3) is 0.708. The van der Waals surface area contributed by atoms with Gasteiger partial charge in [0.2, 0.25) is 0 Å². The van der Waals surface area contributed by atoms with Crippen molar-refractivity contribution in [3.63, 3.8) is 0 Å². The molecule has 7 heteroatoms. The van der Waals surface area contributed by atoms with Gasteiger partial charge in [0.1, 0.15) is 0 Å². The number of likely N-dealkylation sites (tertiary alicyclic amines) is 1. The molecule has 2 heterocycles. The fourth-order valence-electron chi connectivity index (χ4n) is 7.05. The maximum atomic E-state index is 13.6. The maximum absolute atomic E-state index is 13.6. The van der Waals surface area contributed by atoms with E-state index in [0.29, 0.717) is 12.8 Å². The van der Waals surface area contributed by atoms with Crippen molar-refractivity contribution in [2.75, 3.05) is 23.3 Å². The Bertz CT molecular complexity index is 793. The summed E-state index contributed by atoms with van der Waals surface area (Å²) < 4.78 is 40.9. The lowest BCUT2D eigenvalue weighted by molar-refractivity contribution is -0.210. The number of nitrogens with one attached hydrogen (secondary N) is 1. The molecule has 4 nitrogen and oxygen atoms in total. The molecule has 2 aliphatic heterocycles. The van der Waals surface area contributed by atoms with E-state index in [2.05, 4.69) is 21.2 Å². The number of aldehydes is 1. The highest BCUT2D eigenvalue weighted by Gasteiger charge is 2.52. The summed E-state index contributed by atoms with van der Waals surface area (Å²) in [7, 11) is 0. The molecule has 0 radical (unpaired) electrons. The standard InChI is InChI=1S/C24H32F3N3O/c25-24(26,27)19-7-3-6-18-17(19)5-4-10-21(18)29-13-11-16(12-14-29)30-22-9-2-1-8-20(22)28-23(30)15-31/h1-2,8-9,15-19,21,23,28H,3-7,10-14H2. The third-order valence-electron chi connectivity index (χ3n) is 8.35. The molecule has 1 aromatic rings. The van der Waals surface area contributed by atoms with Gasteiger partial charge in [0.15, 0.2) is 12.5 Å². The Morgan fingerprint density at radius 3 is 2.39 bits per heavy atom. The second kappa shape index (κ2) is 8.30. The molecule has 1 N–H and O–H groups in total. The first-order valence-electron chi connectivity index (χ1n) is 11.9. The molecule has 170 valence electrons. The van der Waals surface area contributed by atoms with Crippen molar-refractivity contribution in [2.24, 2.45) is 17.8 Å². The van der Waals surface area contributed by atoms with Gasteiger partial charge in [-0.25, -0.2) is 0 Å². The van der Waals surface area contributed by atoms with Gasteiger partial charge in [0, 0.05) is 25.2 Å². The molecule has 5 atom stereocenters. The Morgan fingerprint density at radius 2 is 1.65 bits per heavy atom. The molecule has 0 spiro atoms.